The molecule has 0 heterocycles. The van der Waals surface area contributed by atoms with Crippen LogP contribution in [0.2, 0.25) is 0 Å². The van der Waals surface area contributed by atoms with Crippen molar-refractivity contribution in [1.29, 1.82) is 0 Å². The predicted octanol–water partition coefficient (Wildman–Crippen LogP) is 1.36. The molecule has 0 aromatic heterocycles. The molecule has 3 atom stereocenters. The topological polar surface area (TPSA) is 63.3 Å². The van der Waals surface area contributed by atoms with E-state index in [4.69, 9.17) is 5.73 Å². The van der Waals surface area contributed by atoms with Crippen LogP contribution in [0.5, 0.6) is 0 Å². The van der Waals surface area contributed by atoms with Gasteiger partial charge in [0.05, 0.1) is 5.28 Å². The molecular formula is C7H16NO2P. The Hall–Kier alpha value is 0.150. The fourth-order valence-corrected chi connectivity index (χ4v) is 3.40. The molecule has 3 N–H and O–H groups in total. The van der Waals surface area contributed by atoms with Crippen molar-refractivity contribution in [2.75, 3.05) is 6.16 Å². The SMILES string of the molecule is CC[C@H]1C[C@]1(N)P(=O)(O)CC. The summed E-state index contributed by atoms with van der Waals surface area (Å²) >= 11 is 0. The second-order valence-corrected chi connectivity index (χ2v) is 6.19. The third kappa shape index (κ3) is 1.26. The van der Waals surface area contributed by atoms with Crippen LogP contribution in [0.25, 0.3) is 0 Å². The minimum absolute atomic E-state index is 0.276. The van der Waals surface area contributed by atoms with Crippen LogP contribution < -0.4 is 5.73 Å². The van der Waals surface area contributed by atoms with E-state index in [9.17, 15) is 9.46 Å². The molecule has 0 amide bonds. The lowest BCUT2D eigenvalue weighted by Crippen LogP contribution is -2.25. The predicted molar refractivity (Wildman–Crippen MR) is 45.7 cm³/mol. The first kappa shape index (κ1) is 9.24. The van der Waals surface area contributed by atoms with Crippen molar-refractivity contribution >= 4 is 7.37 Å². The van der Waals surface area contributed by atoms with Crippen molar-refractivity contribution in [3.63, 3.8) is 0 Å². The summed E-state index contributed by atoms with van der Waals surface area (Å²) in [6.45, 7) is 3.73. The van der Waals surface area contributed by atoms with Crippen LogP contribution in [0.1, 0.15) is 26.7 Å². The summed E-state index contributed by atoms with van der Waals surface area (Å²) in [5, 5.41) is -0.726. The molecule has 66 valence electrons. The molecule has 1 saturated carbocycles. The Morgan fingerprint density at radius 3 is 2.55 bits per heavy atom. The first-order valence-electron chi connectivity index (χ1n) is 4.08. The van der Waals surface area contributed by atoms with Gasteiger partial charge in [0, 0.05) is 6.16 Å². The minimum atomic E-state index is -3.04. The van der Waals surface area contributed by atoms with E-state index >= 15 is 0 Å². The van der Waals surface area contributed by atoms with Crippen molar-refractivity contribution in [2.45, 2.75) is 32.0 Å². The molecule has 0 aromatic rings. The van der Waals surface area contributed by atoms with Gasteiger partial charge in [-0.2, -0.15) is 0 Å². The first-order chi connectivity index (χ1) is 4.98. The number of hydrogen-bond donors (Lipinski definition) is 2. The van der Waals surface area contributed by atoms with Gasteiger partial charge in [-0.25, -0.2) is 0 Å². The van der Waals surface area contributed by atoms with Crippen LogP contribution in [-0.2, 0) is 4.57 Å². The van der Waals surface area contributed by atoms with Crippen molar-refractivity contribution in [3.8, 4) is 0 Å². The lowest BCUT2D eigenvalue weighted by Gasteiger charge is -2.17. The monoisotopic (exact) mass is 177 g/mol. The summed E-state index contributed by atoms with van der Waals surface area (Å²) in [7, 11) is -3.04. The van der Waals surface area contributed by atoms with Crippen molar-refractivity contribution in [1.82, 2.24) is 0 Å². The quantitative estimate of drug-likeness (QED) is 0.640. The second-order valence-electron chi connectivity index (χ2n) is 3.32. The van der Waals surface area contributed by atoms with E-state index in [1.165, 1.54) is 0 Å². The van der Waals surface area contributed by atoms with Gasteiger partial charge in [-0.1, -0.05) is 20.3 Å². The smallest absolute Gasteiger partial charge is 0.219 e. The van der Waals surface area contributed by atoms with Crippen molar-refractivity contribution in [3.05, 3.63) is 0 Å². The summed E-state index contributed by atoms with van der Waals surface area (Å²) in [4.78, 5) is 9.45. The summed E-state index contributed by atoms with van der Waals surface area (Å²) in [6, 6.07) is 0. The van der Waals surface area contributed by atoms with Crippen molar-refractivity contribution < 1.29 is 9.46 Å². The largest absolute Gasteiger partial charge is 0.343 e. The van der Waals surface area contributed by atoms with E-state index < -0.39 is 12.6 Å². The van der Waals surface area contributed by atoms with Crippen LogP contribution in [0, 0.1) is 5.92 Å². The van der Waals surface area contributed by atoms with Crippen LogP contribution in [0.4, 0.5) is 0 Å². The molecule has 1 fully saturated rings. The fourth-order valence-electron chi connectivity index (χ4n) is 1.56. The standard InChI is InChI=1S/C7H16NO2P/c1-3-6-5-7(6,8)11(9,10)4-2/h6H,3-5,8H2,1-2H3,(H,9,10)/t6-,7-/m0/s1. The lowest BCUT2D eigenvalue weighted by atomic mass is 10.3. The molecule has 0 saturated heterocycles. The maximum Gasteiger partial charge on any atom is 0.219 e. The molecule has 1 unspecified atom stereocenters. The van der Waals surface area contributed by atoms with Gasteiger partial charge in [-0.15, -0.1) is 0 Å². The van der Waals surface area contributed by atoms with E-state index in [0.29, 0.717) is 6.16 Å². The van der Waals surface area contributed by atoms with Crippen LogP contribution in [-0.4, -0.2) is 16.3 Å². The summed E-state index contributed by atoms with van der Waals surface area (Å²) in [6.07, 6.45) is 1.95. The lowest BCUT2D eigenvalue weighted by molar-refractivity contribution is 0.454. The van der Waals surface area contributed by atoms with Gasteiger partial charge in [0.1, 0.15) is 0 Å². The molecule has 3 nitrogen and oxygen atoms in total. The molecule has 0 aromatic carbocycles. The Kier molecular flexibility index (Phi) is 2.17. The maximum atomic E-state index is 11.5. The molecule has 0 bridgehead atoms. The van der Waals surface area contributed by atoms with E-state index in [1.54, 1.807) is 6.92 Å². The Balaban J connectivity index is 2.70. The van der Waals surface area contributed by atoms with Gasteiger partial charge in [0.15, 0.2) is 0 Å². The molecule has 11 heavy (non-hydrogen) atoms. The van der Waals surface area contributed by atoms with Crippen LogP contribution in [0.15, 0.2) is 0 Å². The average Bonchev–Trinajstić information content (AvgIpc) is 2.64. The van der Waals surface area contributed by atoms with Gasteiger partial charge < -0.3 is 10.6 Å². The normalized spacial score (nSPS) is 41.6. The average molecular weight is 177 g/mol. The number of nitrogens with two attached hydrogens (primary N) is 1. The van der Waals surface area contributed by atoms with E-state index in [-0.39, 0.29) is 5.92 Å². The first-order valence-corrected chi connectivity index (χ1v) is 5.93. The molecule has 0 spiro atoms. The van der Waals surface area contributed by atoms with Gasteiger partial charge in [-0.3, -0.25) is 4.57 Å². The van der Waals surface area contributed by atoms with Crippen molar-refractivity contribution in [2.24, 2.45) is 11.7 Å². The third-order valence-corrected chi connectivity index (χ3v) is 5.40. The molecule has 0 radical (unpaired) electrons. The van der Waals surface area contributed by atoms with Crippen LogP contribution in [0.3, 0.4) is 0 Å². The van der Waals surface area contributed by atoms with Crippen LogP contribution >= 0.6 is 7.37 Å². The highest BCUT2D eigenvalue weighted by Crippen LogP contribution is 2.67. The Morgan fingerprint density at radius 2 is 2.27 bits per heavy atom. The third-order valence-electron chi connectivity index (χ3n) is 2.69. The zero-order valence-electron chi connectivity index (χ0n) is 7.08. The van der Waals surface area contributed by atoms with E-state index in [0.717, 1.165) is 12.8 Å². The molecule has 1 aliphatic carbocycles. The zero-order valence-corrected chi connectivity index (χ0v) is 7.97. The number of hydrogen-bond acceptors (Lipinski definition) is 2. The van der Waals surface area contributed by atoms with E-state index in [2.05, 4.69) is 0 Å². The highest BCUT2D eigenvalue weighted by molar-refractivity contribution is 7.60. The molecule has 4 heteroatoms. The van der Waals surface area contributed by atoms with Gasteiger partial charge in [-0.05, 0) is 12.3 Å². The maximum absolute atomic E-state index is 11.5. The zero-order chi connectivity index (χ0) is 8.70. The minimum Gasteiger partial charge on any atom is -0.343 e. The Morgan fingerprint density at radius 1 is 1.73 bits per heavy atom. The van der Waals surface area contributed by atoms with Gasteiger partial charge >= 0.3 is 0 Å². The summed E-state index contributed by atoms with van der Waals surface area (Å²) < 4.78 is 11.5. The Labute approximate surface area is 67.4 Å². The highest BCUT2D eigenvalue weighted by Gasteiger charge is 2.60. The molecule has 1 aliphatic rings. The summed E-state index contributed by atoms with van der Waals surface area (Å²) in [5.74, 6) is 0.276. The molecule has 0 aliphatic heterocycles. The fraction of sp³-hybridized carbons (Fsp3) is 1.00. The highest BCUT2D eigenvalue weighted by atomic mass is 31.2. The van der Waals surface area contributed by atoms with Gasteiger partial charge in [0.2, 0.25) is 7.37 Å². The van der Waals surface area contributed by atoms with Gasteiger partial charge in [0.25, 0.3) is 0 Å². The molecule has 1 rings (SSSR count). The Bertz CT molecular complexity index is 207. The second kappa shape index (κ2) is 2.58. The molecular weight excluding hydrogens is 161 g/mol. The summed E-state index contributed by atoms with van der Waals surface area (Å²) in [5.41, 5.74) is 5.78. The van der Waals surface area contributed by atoms with E-state index in [1.807, 2.05) is 6.92 Å². The number of rotatable bonds is 3.